The predicted octanol–water partition coefficient (Wildman–Crippen LogP) is 4.32. The summed E-state index contributed by atoms with van der Waals surface area (Å²) >= 11 is 6.33. The number of rotatable bonds is 5. The zero-order valence-corrected chi connectivity index (χ0v) is 15.3. The highest BCUT2D eigenvalue weighted by molar-refractivity contribution is 6.32. The third kappa shape index (κ3) is 3.84. The fourth-order valence-electron chi connectivity index (χ4n) is 4.02. The fraction of sp³-hybridized carbons (Fsp3) is 0.684. The summed E-state index contributed by atoms with van der Waals surface area (Å²) in [6.07, 6.45) is 6.75. The lowest BCUT2D eigenvalue weighted by Crippen LogP contribution is -2.54. The molecular weight excluding hydrogens is 308 g/mol. The molecule has 4 heteroatoms. The Morgan fingerprint density at radius 3 is 2.52 bits per heavy atom. The van der Waals surface area contributed by atoms with Gasteiger partial charge in [0.05, 0.1) is 12.1 Å². The van der Waals surface area contributed by atoms with E-state index in [1.165, 1.54) is 50.8 Å². The lowest BCUT2D eigenvalue weighted by atomic mass is 9.83. The van der Waals surface area contributed by atoms with E-state index < -0.39 is 0 Å². The lowest BCUT2D eigenvalue weighted by Gasteiger charge is -2.45. The minimum Gasteiger partial charge on any atom is -0.495 e. The van der Waals surface area contributed by atoms with Gasteiger partial charge in [0.25, 0.3) is 0 Å². The molecule has 0 amide bonds. The maximum atomic E-state index is 6.33. The van der Waals surface area contributed by atoms with Crippen LogP contribution >= 0.6 is 11.6 Å². The number of halogens is 1. The number of ether oxygens (including phenoxy) is 1. The van der Waals surface area contributed by atoms with Crippen molar-refractivity contribution in [2.24, 2.45) is 0 Å². The van der Waals surface area contributed by atoms with Gasteiger partial charge in [-0.05, 0) is 69.8 Å². The van der Waals surface area contributed by atoms with E-state index in [9.17, 15) is 0 Å². The molecule has 1 saturated carbocycles. The molecule has 0 bridgehead atoms. The normalized spacial score (nSPS) is 26.6. The van der Waals surface area contributed by atoms with Gasteiger partial charge in [-0.15, -0.1) is 0 Å². The van der Waals surface area contributed by atoms with Crippen LogP contribution in [0.3, 0.4) is 0 Å². The molecular formula is C19H29ClN2O. The van der Waals surface area contributed by atoms with Crippen molar-refractivity contribution in [1.29, 1.82) is 0 Å². The van der Waals surface area contributed by atoms with Crippen molar-refractivity contribution in [1.82, 2.24) is 10.2 Å². The van der Waals surface area contributed by atoms with Crippen LogP contribution in [-0.2, 0) is 0 Å². The van der Waals surface area contributed by atoms with Crippen LogP contribution in [0, 0.1) is 6.92 Å². The molecule has 1 aromatic rings. The molecule has 1 unspecified atom stereocenters. The topological polar surface area (TPSA) is 24.5 Å². The monoisotopic (exact) mass is 336 g/mol. The number of nitrogens with zero attached hydrogens (tertiary/aromatic N) is 1. The summed E-state index contributed by atoms with van der Waals surface area (Å²) in [7, 11) is 1.67. The van der Waals surface area contributed by atoms with Crippen molar-refractivity contribution in [2.75, 3.05) is 20.2 Å². The van der Waals surface area contributed by atoms with Crippen molar-refractivity contribution in [3.63, 3.8) is 0 Å². The Hall–Kier alpha value is -0.770. The molecule has 0 spiro atoms. The number of aryl methyl sites for hydroxylation is 1. The molecule has 0 aromatic heterocycles. The number of likely N-dealkylation sites (tertiary alicyclic amines) is 1. The number of piperidine rings is 1. The molecule has 23 heavy (non-hydrogen) atoms. The lowest BCUT2D eigenvalue weighted by molar-refractivity contribution is 0.0749. The molecule has 1 N–H and O–H groups in total. The SMILES string of the molecule is COc1c(C)cc(C(C)NC2CC(N3CCCCC3)C2)cc1Cl. The second kappa shape index (κ2) is 7.42. The van der Waals surface area contributed by atoms with Gasteiger partial charge in [0, 0.05) is 18.1 Å². The predicted molar refractivity (Wildman–Crippen MR) is 96.5 cm³/mol. The molecule has 1 aliphatic carbocycles. The molecule has 1 heterocycles. The Morgan fingerprint density at radius 2 is 1.91 bits per heavy atom. The first-order valence-electron chi connectivity index (χ1n) is 8.92. The van der Waals surface area contributed by atoms with Crippen molar-refractivity contribution in [3.05, 3.63) is 28.3 Å². The van der Waals surface area contributed by atoms with E-state index >= 15 is 0 Å². The quantitative estimate of drug-likeness (QED) is 0.866. The molecule has 0 radical (unpaired) electrons. The second-order valence-corrected chi connectivity index (χ2v) is 7.57. The first kappa shape index (κ1) is 17.1. The molecule has 1 atom stereocenters. The summed E-state index contributed by atoms with van der Waals surface area (Å²) < 4.78 is 5.35. The average Bonchev–Trinajstić information content (AvgIpc) is 2.50. The highest BCUT2D eigenvalue weighted by atomic mass is 35.5. The maximum absolute atomic E-state index is 6.33. The van der Waals surface area contributed by atoms with Crippen LogP contribution in [-0.4, -0.2) is 37.2 Å². The van der Waals surface area contributed by atoms with Gasteiger partial charge < -0.3 is 15.0 Å². The number of benzene rings is 1. The molecule has 2 fully saturated rings. The van der Waals surface area contributed by atoms with Crippen LogP contribution in [0.25, 0.3) is 0 Å². The number of hydrogen-bond donors (Lipinski definition) is 1. The zero-order chi connectivity index (χ0) is 16.4. The Morgan fingerprint density at radius 1 is 1.22 bits per heavy atom. The van der Waals surface area contributed by atoms with Crippen LogP contribution in [0.4, 0.5) is 0 Å². The van der Waals surface area contributed by atoms with Gasteiger partial charge in [-0.25, -0.2) is 0 Å². The molecule has 3 rings (SSSR count). The van der Waals surface area contributed by atoms with E-state index in [-0.39, 0.29) is 0 Å². The van der Waals surface area contributed by atoms with Crippen molar-refractivity contribution >= 4 is 11.6 Å². The smallest absolute Gasteiger partial charge is 0.140 e. The molecule has 1 aliphatic heterocycles. The second-order valence-electron chi connectivity index (χ2n) is 7.16. The van der Waals surface area contributed by atoms with Crippen LogP contribution in [0.1, 0.15) is 56.2 Å². The van der Waals surface area contributed by atoms with Crippen LogP contribution in [0.5, 0.6) is 5.75 Å². The molecule has 2 aliphatic rings. The standard InChI is InChI=1S/C19H29ClN2O/c1-13-9-15(10-18(20)19(13)23-3)14(2)21-16-11-17(12-16)22-7-5-4-6-8-22/h9-10,14,16-17,21H,4-8,11-12H2,1-3H3. The summed E-state index contributed by atoms with van der Waals surface area (Å²) in [5.41, 5.74) is 2.35. The third-order valence-electron chi connectivity index (χ3n) is 5.46. The molecule has 3 nitrogen and oxygen atoms in total. The highest BCUT2D eigenvalue weighted by Gasteiger charge is 2.34. The van der Waals surface area contributed by atoms with Crippen LogP contribution < -0.4 is 10.1 Å². The van der Waals surface area contributed by atoms with Gasteiger partial charge in [0.2, 0.25) is 0 Å². The van der Waals surface area contributed by atoms with Gasteiger partial charge >= 0.3 is 0 Å². The van der Waals surface area contributed by atoms with E-state index in [1.807, 2.05) is 6.07 Å². The highest BCUT2D eigenvalue weighted by Crippen LogP contribution is 2.33. The molecule has 128 valence electrons. The van der Waals surface area contributed by atoms with Crippen LogP contribution in [0.2, 0.25) is 5.02 Å². The Kier molecular flexibility index (Phi) is 5.50. The Bertz CT molecular complexity index is 513. The minimum atomic E-state index is 0.324. The Balaban J connectivity index is 1.53. The third-order valence-corrected chi connectivity index (χ3v) is 5.74. The number of hydrogen-bond acceptors (Lipinski definition) is 3. The summed E-state index contributed by atoms with van der Waals surface area (Å²) in [4.78, 5) is 2.70. The van der Waals surface area contributed by atoms with Gasteiger partial charge in [-0.2, -0.15) is 0 Å². The molecule has 1 aromatic carbocycles. The van der Waals surface area contributed by atoms with Crippen molar-refractivity contribution in [3.8, 4) is 5.75 Å². The maximum Gasteiger partial charge on any atom is 0.140 e. The zero-order valence-electron chi connectivity index (χ0n) is 14.6. The van der Waals surface area contributed by atoms with E-state index in [0.717, 1.165) is 17.4 Å². The summed E-state index contributed by atoms with van der Waals surface area (Å²) in [6, 6.07) is 5.98. The average molecular weight is 337 g/mol. The minimum absolute atomic E-state index is 0.324. The summed E-state index contributed by atoms with van der Waals surface area (Å²) in [6.45, 7) is 6.89. The first-order chi connectivity index (χ1) is 11.1. The van der Waals surface area contributed by atoms with Crippen LogP contribution in [0.15, 0.2) is 12.1 Å². The summed E-state index contributed by atoms with van der Waals surface area (Å²) in [5.74, 6) is 0.788. The largest absolute Gasteiger partial charge is 0.495 e. The molecule has 1 saturated heterocycles. The fourth-order valence-corrected chi connectivity index (χ4v) is 4.37. The Labute approximate surface area is 145 Å². The number of nitrogens with one attached hydrogen (secondary N) is 1. The number of methoxy groups -OCH3 is 1. The van der Waals surface area contributed by atoms with E-state index in [1.54, 1.807) is 7.11 Å². The van der Waals surface area contributed by atoms with Gasteiger partial charge in [-0.3, -0.25) is 0 Å². The summed E-state index contributed by atoms with van der Waals surface area (Å²) in [5, 5.41) is 4.47. The van der Waals surface area contributed by atoms with Gasteiger partial charge in [0.15, 0.2) is 0 Å². The van der Waals surface area contributed by atoms with E-state index in [4.69, 9.17) is 16.3 Å². The van der Waals surface area contributed by atoms with Gasteiger partial charge in [-0.1, -0.05) is 24.1 Å². The van der Waals surface area contributed by atoms with E-state index in [2.05, 4.69) is 30.1 Å². The van der Waals surface area contributed by atoms with E-state index in [0.29, 0.717) is 17.1 Å². The van der Waals surface area contributed by atoms with Crippen molar-refractivity contribution in [2.45, 2.75) is 64.1 Å². The first-order valence-corrected chi connectivity index (χ1v) is 9.30. The van der Waals surface area contributed by atoms with Gasteiger partial charge in [0.1, 0.15) is 5.75 Å². The van der Waals surface area contributed by atoms with Crippen molar-refractivity contribution < 1.29 is 4.74 Å².